The van der Waals surface area contributed by atoms with Gasteiger partial charge in [0.05, 0.1) is 22.8 Å². The Kier molecular flexibility index (Phi) is 3.34. The molecule has 0 aliphatic carbocycles. The van der Waals surface area contributed by atoms with E-state index in [4.69, 9.17) is 18.0 Å². The van der Waals surface area contributed by atoms with E-state index in [1.54, 1.807) is 0 Å². The fraction of sp³-hybridized carbons (Fsp3) is 0.231. The standard InChI is InChI=1S/C13H16N4S/c1-8-5-4-6-11(7-8)17-10(3)12(9(2)16-17)15-13(14)18/h4-7H,1-3H3,(H3,14,15,18). The van der Waals surface area contributed by atoms with Gasteiger partial charge in [0.25, 0.3) is 0 Å². The van der Waals surface area contributed by atoms with Gasteiger partial charge in [-0.3, -0.25) is 0 Å². The molecule has 2 rings (SSSR count). The van der Waals surface area contributed by atoms with E-state index in [0.717, 1.165) is 22.8 Å². The number of nitrogens with zero attached hydrogens (tertiary/aromatic N) is 2. The quantitative estimate of drug-likeness (QED) is 0.814. The summed E-state index contributed by atoms with van der Waals surface area (Å²) >= 11 is 4.87. The minimum atomic E-state index is 0.255. The number of hydrogen-bond acceptors (Lipinski definition) is 2. The molecule has 2 aromatic rings. The summed E-state index contributed by atoms with van der Waals surface area (Å²) in [7, 11) is 0. The monoisotopic (exact) mass is 260 g/mol. The number of rotatable bonds is 2. The van der Waals surface area contributed by atoms with Crippen molar-refractivity contribution >= 4 is 23.0 Å². The molecule has 0 aliphatic heterocycles. The Morgan fingerprint density at radius 3 is 2.67 bits per heavy atom. The smallest absolute Gasteiger partial charge is 0.168 e. The molecule has 0 unspecified atom stereocenters. The van der Waals surface area contributed by atoms with Crippen molar-refractivity contribution in [2.45, 2.75) is 20.8 Å². The van der Waals surface area contributed by atoms with Crippen LogP contribution in [-0.4, -0.2) is 14.9 Å². The normalized spacial score (nSPS) is 10.4. The maximum absolute atomic E-state index is 5.52. The molecule has 0 saturated carbocycles. The zero-order valence-electron chi connectivity index (χ0n) is 10.7. The lowest BCUT2D eigenvalue weighted by atomic mass is 10.2. The van der Waals surface area contributed by atoms with Crippen LogP contribution in [0.2, 0.25) is 0 Å². The zero-order valence-corrected chi connectivity index (χ0v) is 11.5. The summed E-state index contributed by atoms with van der Waals surface area (Å²) in [5.74, 6) is 0. The molecule has 4 nitrogen and oxygen atoms in total. The maximum Gasteiger partial charge on any atom is 0.168 e. The lowest BCUT2D eigenvalue weighted by Gasteiger charge is -2.07. The highest BCUT2D eigenvalue weighted by Gasteiger charge is 2.12. The van der Waals surface area contributed by atoms with Crippen molar-refractivity contribution in [3.63, 3.8) is 0 Å². The SMILES string of the molecule is Cc1cccc(-n2nc(C)c(NC(N)=S)c2C)c1. The van der Waals surface area contributed by atoms with Crippen LogP contribution in [0.3, 0.4) is 0 Å². The van der Waals surface area contributed by atoms with Crippen LogP contribution in [-0.2, 0) is 0 Å². The predicted octanol–water partition coefficient (Wildman–Crippen LogP) is 2.45. The van der Waals surface area contributed by atoms with E-state index in [2.05, 4.69) is 29.5 Å². The van der Waals surface area contributed by atoms with Gasteiger partial charge in [-0.15, -0.1) is 0 Å². The van der Waals surface area contributed by atoms with Crippen LogP contribution in [0.4, 0.5) is 5.69 Å². The second-order valence-corrected chi connectivity index (χ2v) is 4.73. The molecular weight excluding hydrogens is 244 g/mol. The van der Waals surface area contributed by atoms with Crippen LogP contribution in [0, 0.1) is 20.8 Å². The number of hydrogen-bond donors (Lipinski definition) is 2. The van der Waals surface area contributed by atoms with Crippen molar-refractivity contribution in [2.75, 3.05) is 5.32 Å². The largest absolute Gasteiger partial charge is 0.376 e. The van der Waals surface area contributed by atoms with E-state index in [1.165, 1.54) is 5.56 Å². The van der Waals surface area contributed by atoms with Gasteiger partial charge in [0, 0.05) is 0 Å². The molecule has 94 valence electrons. The first-order chi connectivity index (χ1) is 8.49. The molecule has 0 bridgehead atoms. The van der Waals surface area contributed by atoms with Gasteiger partial charge < -0.3 is 11.1 Å². The van der Waals surface area contributed by atoms with Crippen LogP contribution in [0.15, 0.2) is 24.3 Å². The van der Waals surface area contributed by atoms with Crippen LogP contribution in [0.1, 0.15) is 17.0 Å². The van der Waals surface area contributed by atoms with E-state index in [0.29, 0.717) is 0 Å². The fourth-order valence-corrected chi connectivity index (χ4v) is 2.06. The first-order valence-corrected chi connectivity index (χ1v) is 6.09. The fourth-order valence-electron chi connectivity index (χ4n) is 1.96. The van der Waals surface area contributed by atoms with Crippen molar-refractivity contribution in [1.29, 1.82) is 0 Å². The van der Waals surface area contributed by atoms with Gasteiger partial charge >= 0.3 is 0 Å². The highest BCUT2D eigenvalue weighted by Crippen LogP contribution is 2.22. The lowest BCUT2D eigenvalue weighted by Crippen LogP contribution is -2.19. The number of aromatic nitrogens is 2. The van der Waals surface area contributed by atoms with E-state index in [-0.39, 0.29) is 5.11 Å². The van der Waals surface area contributed by atoms with Gasteiger partial charge in [0.15, 0.2) is 5.11 Å². The summed E-state index contributed by atoms with van der Waals surface area (Å²) in [6.07, 6.45) is 0. The van der Waals surface area contributed by atoms with Crippen molar-refractivity contribution in [3.05, 3.63) is 41.2 Å². The highest BCUT2D eigenvalue weighted by molar-refractivity contribution is 7.80. The molecule has 1 aromatic heterocycles. The lowest BCUT2D eigenvalue weighted by molar-refractivity contribution is 0.833. The van der Waals surface area contributed by atoms with E-state index in [1.807, 2.05) is 30.7 Å². The third-order valence-corrected chi connectivity index (χ3v) is 2.89. The summed E-state index contributed by atoms with van der Waals surface area (Å²) in [4.78, 5) is 0. The third kappa shape index (κ3) is 2.36. The molecule has 1 aromatic carbocycles. The molecule has 5 heteroatoms. The summed E-state index contributed by atoms with van der Waals surface area (Å²) in [5, 5.41) is 7.74. The second kappa shape index (κ2) is 4.78. The Morgan fingerprint density at radius 2 is 2.06 bits per heavy atom. The molecule has 0 atom stereocenters. The maximum atomic E-state index is 5.52. The molecule has 3 N–H and O–H groups in total. The molecule has 0 fully saturated rings. The average molecular weight is 260 g/mol. The minimum absolute atomic E-state index is 0.255. The Bertz CT molecular complexity index is 601. The van der Waals surface area contributed by atoms with Gasteiger partial charge in [0.2, 0.25) is 0 Å². The van der Waals surface area contributed by atoms with Crippen LogP contribution in [0.5, 0.6) is 0 Å². The van der Waals surface area contributed by atoms with Crippen LogP contribution < -0.4 is 11.1 Å². The molecule has 0 amide bonds. The summed E-state index contributed by atoms with van der Waals surface area (Å²) in [6, 6.07) is 8.19. The van der Waals surface area contributed by atoms with E-state index < -0.39 is 0 Å². The Labute approximate surface area is 112 Å². The summed E-state index contributed by atoms with van der Waals surface area (Å²) in [6.45, 7) is 5.98. The third-order valence-electron chi connectivity index (χ3n) is 2.79. The molecule has 18 heavy (non-hydrogen) atoms. The van der Waals surface area contributed by atoms with Gasteiger partial charge in [-0.1, -0.05) is 12.1 Å². The Hall–Kier alpha value is -1.88. The van der Waals surface area contributed by atoms with E-state index in [9.17, 15) is 0 Å². The topological polar surface area (TPSA) is 55.9 Å². The molecule has 1 heterocycles. The second-order valence-electron chi connectivity index (χ2n) is 4.29. The van der Waals surface area contributed by atoms with Crippen molar-refractivity contribution in [2.24, 2.45) is 5.73 Å². The molecular formula is C13H16N4S. The summed E-state index contributed by atoms with van der Waals surface area (Å²) in [5.41, 5.74) is 10.5. The molecule has 0 aliphatic rings. The number of benzene rings is 1. The van der Waals surface area contributed by atoms with Crippen molar-refractivity contribution in [3.8, 4) is 5.69 Å². The van der Waals surface area contributed by atoms with E-state index >= 15 is 0 Å². The van der Waals surface area contributed by atoms with Crippen LogP contribution >= 0.6 is 12.2 Å². The Morgan fingerprint density at radius 1 is 1.33 bits per heavy atom. The van der Waals surface area contributed by atoms with Crippen molar-refractivity contribution in [1.82, 2.24) is 9.78 Å². The molecule has 0 radical (unpaired) electrons. The first-order valence-electron chi connectivity index (χ1n) is 5.68. The number of anilines is 1. The van der Waals surface area contributed by atoms with Gasteiger partial charge in [-0.2, -0.15) is 5.10 Å². The molecule has 0 saturated heterocycles. The van der Waals surface area contributed by atoms with Gasteiger partial charge in [-0.05, 0) is 50.7 Å². The predicted molar refractivity (Wildman–Crippen MR) is 78.2 cm³/mol. The Balaban J connectivity index is 2.50. The van der Waals surface area contributed by atoms with Crippen molar-refractivity contribution < 1.29 is 0 Å². The molecule has 0 spiro atoms. The average Bonchev–Trinajstić information content (AvgIpc) is 2.56. The van der Waals surface area contributed by atoms with Crippen LogP contribution in [0.25, 0.3) is 5.69 Å². The summed E-state index contributed by atoms with van der Waals surface area (Å²) < 4.78 is 1.89. The minimum Gasteiger partial charge on any atom is -0.376 e. The van der Waals surface area contributed by atoms with Gasteiger partial charge in [-0.25, -0.2) is 4.68 Å². The number of nitrogens with two attached hydrogens (primary N) is 1. The number of thiocarbonyl (C=S) groups is 1. The van der Waals surface area contributed by atoms with Gasteiger partial charge in [0.1, 0.15) is 0 Å². The first kappa shape index (κ1) is 12.6. The zero-order chi connectivity index (χ0) is 13.3. The number of nitrogens with one attached hydrogen (secondary N) is 1. The highest BCUT2D eigenvalue weighted by atomic mass is 32.1. The number of aryl methyl sites for hydroxylation is 2.